The first kappa shape index (κ1) is 22.1. The molecule has 0 bridgehead atoms. The monoisotopic (exact) mass is 416 g/mol. The number of esters is 1. The number of nitrogens with one attached hydrogen (secondary N) is 1. The molecule has 2 saturated heterocycles. The second-order valence-electron chi connectivity index (χ2n) is 9.07. The van der Waals surface area contributed by atoms with Gasteiger partial charge in [-0.15, -0.1) is 0 Å². The minimum Gasteiger partial charge on any atom is -0.459 e. The van der Waals surface area contributed by atoms with Gasteiger partial charge in [0.1, 0.15) is 24.3 Å². The number of rotatable bonds is 4. The third-order valence-electron chi connectivity index (χ3n) is 5.52. The summed E-state index contributed by atoms with van der Waals surface area (Å²) in [6.07, 6.45) is 3.95. The highest BCUT2D eigenvalue weighted by Gasteiger charge is 2.44. The molecule has 30 heavy (non-hydrogen) atoms. The van der Waals surface area contributed by atoms with Gasteiger partial charge in [0.25, 0.3) is 0 Å². The molecule has 1 N–H and O–H groups in total. The number of amides is 2. The smallest absolute Gasteiger partial charge is 0.408 e. The van der Waals surface area contributed by atoms with Gasteiger partial charge < -0.3 is 19.7 Å². The molecule has 2 aliphatic rings. The Morgan fingerprint density at radius 3 is 2.47 bits per heavy atom. The van der Waals surface area contributed by atoms with Crippen LogP contribution in [0, 0.1) is 0 Å². The average Bonchev–Trinajstić information content (AvgIpc) is 3.09. The quantitative estimate of drug-likeness (QED) is 0.759. The van der Waals surface area contributed by atoms with Crippen molar-refractivity contribution < 1.29 is 23.9 Å². The minimum atomic E-state index is -0.690. The van der Waals surface area contributed by atoms with Crippen molar-refractivity contribution in [2.75, 3.05) is 0 Å². The predicted molar refractivity (Wildman–Crippen MR) is 112 cm³/mol. The Morgan fingerprint density at radius 1 is 1.07 bits per heavy atom. The number of benzene rings is 1. The standard InChI is InChI=1S/C23H32N2O5/c1-23(2,3)30-22(28)24-18-12-8-7-11-17-13-14-19(25(17)20(18)26)21(27)29-15-16-9-5-4-6-10-16/h4-6,9-10,17-19H,7-8,11-15H2,1-3H3,(H,24,28). The highest BCUT2D eigenvalue weighted by atomic mass is 16.6. The van der Waals surface area contributed by atoms with Crippen LogP contribution < -0.4 is 5.32 Å². The highest BCUT2D eigenvalue weighted by Crippen LogP contribution is 2.32. The summed E-state index contributed by atoms with van der Waals surface area (Å²) >= 11 is 0. The predicted octanol–water partition coefficient (Wildman–Crippen LogP) is 3.56. The molecule has 0 saturated carbocycles. The van der Waals surface area contributed by atoms with Crippen molar-refractivity contribution in [2.24, 2.45) is 0 Å². The Balaban J connectivity index is 1.67. The maximum atomic E-state index is 13.3. The van der Waals surface area contributed by atoms with E-state index in [1.54, 1.807) is 25.7 Å². The third-order valence-corrected chi connectivity index (χ3v) is 5.52. The first-order valence-corrected chi connectivity index (χ1v) is 10.8. The van der Waals surface area contributed by atoms with Crippen LogP contribution in [-0.2, 0) is 25.7 Å². The molecule has 0 aromatic heterocycles. The molecule has 2 fully saturated rings. The second kappa shape index (κ2) is 9.49. The van der Waals surface area contributed by atoms with Crippen LogP contribution in [0.15, 0.2) is 30.3 Å². The number of alkyl carbamates (subject to hydrolysis) is 1. The fraction of sp³-hybridized carbons (Fsp3) is 0.609. The van der Waals surface area contributed by atoms with Gasteiger partial charge in [-0.1, -0.05) is 43.2 Å². The van der Waals surface area contributed by atoms with Gasteiger partial charge >= 0.3 is 12.1 Å². The molecule has 7 nitrogen and oxygen atoms in total. The number of ether oxygens (including phenoxy) is 2. The largest absolute Gasteiger partial charge is 0.459 e. The van der Waals surface area contributed by atoms with E-state index in [0.29, 0.717) is 12.8 Å². The van der Waals surface area contributed by atoms with E-state index < -0.39 is 23.8 Å². The summed E-state index contributed by atoms with van der Waals surface area (Å²) in [6, 6.07) is 8.20. The third kappa shape index (κ3) is 5.74. The van der Waals surface area contributed by atoms with E-state index in [4.69, 9.17) is 9.47 Å². The molecule has 2 amide bonds. The molecule has 2 aliphatic heterocycles. The molecular weight excluding hydrogens is 384 g/mol. The molecule has 3 atom stereocenters. The van der Waals surface area contributed by atoms with Crippen LogP contribution in [0.1, 0.15) is 64.9 Å². The molecule has 7 heteroatoms. The normalized spacial score (nSPS) is 24.4. The summed E-state index contributed by atoms with van der Waals surface area (Å²) in [4.78, 5) is 40.0. The Labute approximate surface area is 178 Å². The van der Waals surface area contributed by atoms with Gasteiger partial charge in [0.2, 0.25) is 5.91 Å². The van der Waals surface area contributed by atoms with Crippen LogP contribution in [-0.4, -0.2) is 46.6 Å². The Morgan fingerprint density at radius 2 is 1.77 bits per heavy atom. The van der Waals surface area contributed by atoms with Crippen molar-refractivity contribution in [3.8, 4) is 0 Å². The number of fused-ring (bicyclic) bond motifs is 1. The zero-order valence-corrected chi connectivity index (χ0v) is 18.1. The lowest BCUT2D eigenvalue weighted by Gasteiger charge is -2.35. The number of nitrogens with zero attached hydrogens (tertiary/aromatic N) is 1. The van der Waals surface area contributed by atoms with Crippen LogP contribution in [0.3, 0.4) is 0 Å². The summed E-state index contributed by atoms with van der Waals surface area (Å²) in [5.74, 6) is -0.601. The van der Waals surface area contributed by atoms with Crippen molar-refractivity contribution in [1.29, 1.82) is 0 Å². The molecule has 0 aliphatic carbocycles. The Hall–Kier alpha value is -2.57. The van der Waals surface area contributed by atoms with E-state index in [9.17, 15) is 14.4 Å². The molecule has 0 spiro atoms. The van der Waals surface area contributed by atoms with Crippen molar-refractivity contribution >= 4 is 18.0 Å². The Bertz CT molecular complexity index is 759. The zero-order valence-electron chi connectivity index (χ0n) is 18.1. The maximum Gasteiger partial charge on any atom is 0.408 e. The van der Waals surface area contributed by atoms with Gasteiger partial charge in [0.05, 0.1) is 0 Å². The summed E-state index contributed by atoms with van der Waals surface area (Å²) < 4.78 is 10.8. The van der Waals surface area contributed by atoms with Crippen molar-refractivity contribution in [2.45, 2.75) is 89.6 Å². The average molecular weight is 417 g/mol. The van der Waals surface area contributed by atoms with Gasteiger partial charge in [-0.2, -0.15) is 0 Å². The van der Waals surface area contributed by atoms with Gasteiger partial charge in [-0.25, -0.2) is 9.59 Å². The molecule has 1 aromatic rings. The second-order valence-corrected chi connectivity index (χ2v) is 9.07. The van der Waals surface area contributed by atoms with E-state index in [-0.39, 0.29) is 24.5 Å². The van der Waals surface area contributed by atoms with Crippen LogP contribution >= 0.6 is 0 Å². The lowest BCUT2D eigenvalue weighted by atomic mass is 9.99. The van der Waals surface area contributed by atoms with Crippen LogP contribution in [0.4, 0.5) is 4.79 Å². The van der Waals surface area contributed by atoms with Crippen molar-refractivity contribution in [3.63, 3.8) is 0 Å². The van der Waals surface area contributed by atoms with E-state index in [2.05, 4.69) is 5.32 Å². The highest BCUT2D eigenvalue weighted by molar-refractivity contribution is 5.90. The van der Waals surface area contributed by atoms with E-state index >= 15 is 0 Å². The first-order chi connectivity index (χ1) is 14.2. The lowest BCUT2D eigenvalue weighted by Crippen LogP contribution is -2.55. The van der Waals surface area contributed by atoms with Crippen LogP contribution in [0.2, 0.25) is 0 Å². The number of hydrogen-bond donors (Lipinski definition) is 1. The topological polar surface area (TPSA) is 84.9 Å². The molecular formula is C23H32N2O5. The summed E-state index contributed by atoms with van der Waals surface area (Å²) in [5, 5.41) is 2.72. The summed E-state index contributed by atoms with van der Waals surface area (Å²) in [7, 11) is 0. The zero-order chi connectivity index (χ0) is 21.7. The fourth-order valence-corrected chi connectivity index (χ4v) is 4.17. The van der Waals surface area contributed by atoms with E-state index in [1.165, 1.54) is 0 Å². The van der Waals surface area contributed by atoms with E-state index in [0.717, 1.165) is 31.2 Å². The maximum absolute atomic E-state index is 13.3. The fourth-order valence-electron chi connectivity index (χ4n) is 4.17. The van der Waals surface area contributed by atoms with Gasteiger partial charge in [-0.05, 0) is 52.0 Å². The van der Waals surface area contributed by atoms with Crippen molar-refractivity contribution in [3.05, 3.63) is 35.9 Å². The van der Waals surface area contributed by atoms with Gasteiger partial charge in [0.15, 0.2) is 0 Å². The Kier molecular flexibility index (Phi) is 7.00. The van der Waals surface area contributed by atoms with Crippen molar-refractivity contribution in [1.82, 2.24) is 10.2 Å². The number of carbonyl (C=O) groups is 3. The molecule has 0 radical (unpaired) electrons. The molecule has 3 unspecified atom stereocenters. The number of carbonyl (C=O) groups excluding carboxylic acids is 3. The molecule has 2 heterocycles. The van der Waals surface area contributed by atoms with E-state index in [1.807, 2.05) is 30.3 Å². The van der Waals surface area contributed by atoms with Gasteiger partial charge in [-0.3, -0.25) is 4.79 Å². The van der Waals surface area contributed by atoms with Crippen LogP contribution in [0.25, 0.3) is 0 Å². The number of hydrogen-bond acceptors (Lipinski definition) is 5. The summed E-state index contributed by atoms with van der Waals surface area (Å²) in [5.41, 5.74) is 0.262. The van der Waals surface area contributed by atoms with Gasteiger partial charge in [0, 0.05) is 6.04 Å². The lowest BCUT2D eigenvalue weighted by molar-refractivity contribution is -0.156. The molecule has 1 aromatic carbocycles. The summed E-state index contributed by atoms with van der Waals surface area (Å²) in [6.45, 7) is 5.52. The SMILES string of the molecule is CC(C)(C)OC(=O)NC1CCCCC2CCC(C(=O)OCc3ccccc3)N2C1=O. The van der Waals surface area contributed by atoms with Crippen LogP contribution in [0.5, 0.6) is 0 Å². The minimum absolute atomic E-state index is 0.00927. The first-order valence-electron chi connectivity index (χ1n) is 10.8. The molecule has 164 valence electrons. The molecule has 3 rings (SSSR count).